The number of anilines is 1. The molecule has 1 aliphatic rings. The predicted octanol–water partition coefficient (Wildman–Crippen LogP) is 5.52. The van der Waals surface area contributed by atoms with Crippen LogP contribution in [0.1, 0.15) is 47.4 Å². The Kier molecular flexibility index (Phi) is 13.0. The minimum absolute atomic E-state index is 0.0405. The van der Waals surface area contributed by atoms with Gasteiger partial charge in [0.05, 0.1) is 32.5 Å². The van der Waals surface area contributed by atoms with Crippen molar-refractivity contribution in [3.8, 4) is 23.4 Å². The first-order chi connectivity index (χ1) is 24.8. The summed E-state index contributed by atoms with van der Waals surface area (Å²) in [6.07, 6.45) is 0.398. The standard InChI is InChI=1S/C34H35F3N6O5S.CH2O2/c1-42(2)29-16-23(22-6-5-7-26(14-22)34(35,36)37)9-11-30(29)48-33-25(18-38)15-28(19-40-33)49(44,45)43(32-12-13-39-21-41-32)20-24-8-10-27(46-3)17-31(24)47-4;2-1-3/h5-8,10,12-15,17,19,21,23,29-30H,9,11,16,20H2,1-4H3;1H,(H,2,3)/t23-,29-,30-;/m0./s1. The molecule has 1 N–H and O–H groups in total. The first-order valence-electron chi connectivity index (χ1n) is 15.7. The lowest BCUT2D eigenvalue weighted by Crippen LogP contribution is -2.46. The van der Waals surface area contributed by atoms with Gasteiger partial charge in [-0.05, 0) is 69.1 Å². The van der Waals surface area contributed by atoms with Crippen LogP contribution in [0.15, 0.2) is 78.2 Å². The number of carbonyl (C=O) groups is 1. The van der Waals surface area contributed by atoms with Crippen molar-refractivity contribution in [1.82, 2.24) is 19.9 Å². The van der Waals surface area contributed by atoms with Crippen LogP contribution in [0.3, 0.4) is 0 Å². The van der Waals surface area contributed by atoms with Gasteiger partial charge < -0.3 is 24.2 Å². The smallest absolute Gasteiger partial charge is 0.416 e. The number of likely N-dealkylation sites (N-methyl/N-ethyl adjacent to an activating group) is 1. The van der Waals surface area contributed by atoms with E-state index in [0.29, 0.717) is 41.9 Å². The highest BCUT2D eigenvalue weighted by Gasteiger charge is 2.37. The van der Waals surface area contributed by atoms with Crippen molar-refractivity contribution in [2.24, 2.45) is 0 Å². The quantitative estimate of drug-likeness (QED) is 0.191. The van der Waals surface area contributed by atoms with E-state index in [4.69, 9.17) is 24.1 Å². The third-order valence-electron chi connectivity index (χ3n) is 8.53. The Hall–Kier alpha value is -5.47. The number of sulfonamides is 1. The lowest BCUT2D eigenvalue weighted by Gasteiger charge is -2.39. The van der Waals surface area contributed by atoms with Crippen LogP contribution in [0.25, 0.3) is 0 Å². The summed E-state index contributed by atoms with van der Waals surface area (Å²) in [6.45, 7) is -0.424. The monoisotopic (exact) mass is 742 g/mol. The molecular weight excluding hydrogens is 705 g/mol. The number of aromatic nitrogens is 3. The van der Waals surface area contributed by atoms with Crippen LogP contribution in [0, 0.1) is 11.3 Å². The molecule has 2 aromatic heterocycles. The summed E-state index contributed by atoms with van der Waals surface area (Å²) >= 11 is 0. The fraction of sp³-hybridized carbons (Fsp3) is 0.343. The normalized spacial score (nSPS) is 17.2. The summed E-state index contributed by atoms with van der Waals surface area (Å²) in [5.41, 5.74) is 0.340. The number of ether oxygens (including phenoxy) is 3. The SMILES string of the molecule is COc1ccc(CN(c2ccncn2)S(=O)(=O)c2cnc(O[C@H]3CC[C@H](c4cccc(C(F)(F)F)c4)C[C@@H]3N(C)C)c(C#N)c2)c(OC)c1.O=CO. The summed E-state index contributed by atoms with van der Waals surface area (Å²) in [6, 6.07) is 14.8. The Labute approximate surface area is 299 Å². The number of carboxylic acid groups (broad SMARTS) is 1. The number of methoxy groups -OCH3 is 2. The number of nitriles is 1. The zero-order valence-electron chi connectivity index (χ0n) is 28.7. The summed E-state index contributed by atoms with van der Waals surface area (Å²) in [4.78, 5) is 22.4. The molecule has 1 fully saturated rings. The van der Waals surface area contributed by atoms with Crippen molar-refractivity contribution < 1.29 is 45.7 Å². The van der Waals surface area contributed by atoms with Crippen molar-refractivity contribution in [3.63, 3.8) is 0 Å². The fourth-order valence-corrected chi connectivity index (χ4v) is 7.32. The van der Waals surface area contributed by atoms with Crippen LogP contribution in [0.4, 0.5) is 19.0 Å². The van der Waals surface area contributed by atoms with Crippen LogP contribution in [0.5, 0.6) is 17.4 Å². The largest absolute Gasteiger partial charge is 0.497 e. The summed E-state index contributed by atoms with van der Waals surface area (Å²) < 4.78 is 86.6. The van der Waals surface area contributed by atoms with Crippen LogP contribution >= 0.6 is 0 Å². The highest BCUT2D eigenvalue weighted by molar-refractivity contribution is 7.92. The fourth-order valence-electron chi connectivity index (χ4n) is 5.95. The third kappa shape index (κ3) is 9.25. The number of nitrogens with zero attached hydrogens (tertiary/aromatic N) is 6. The molecule has 13 nitrogen and oxygen atoms in total. The molecule has 3 atom stereocenters. The maximum atomic E-state index is 14.2. The molecule has 5 rings (SSSR count). The van der Waals surface area contributed by atoms with Gasteiger partial charge in [0.1, 0.15) is 46.3 Å². The lowest BCUT2D eigenvalue weighted by atomic mass is 9.79. The first kappa shape index (κ1) is 39.3. The van der Waals surface area contributed by atoms with Crippen molar-refractivity contribution >= 4 is 22.3 Å². The van der Waals surface area contributed by atoms with Crippen molar-refractivity contribution in [2.45, 2.75) is 54.9 Å². The van der Waals surface area contributed by atoms with Crippen LogP contribution in [0.2, 0.25) is 0 Å². The first-order valence-corrected chi connectivity index (χ1v) is 17.2. The molecule has 2 heterocycles. The van der Waals surface area contributed by atoms with E-state index < -0.39 is 27.9 Å². The average molecular weight is 743 g/mol. The van der Waals surface area contributed by atoms with E-state index in [1.165, 1.54) is 51.0 Å². The van der Waals surface area contributed by atoms with Gasteiger partial charge in [-0.2, -0.15) is 18.4 Å². The van der Waals surface area contributed by atoms with Crippen molar-refractivity contribution in [3.05, 3.63) is 95.6 Å². The highest BCUT2D eigenvalue weighted by atomic mass is 32.2. The summed E-state index contributed by atoms with van der Waals surface area (Å²) in [5, 5.41) is 17.0. The van der Waals surface area contributed by atoms with E-state index >= 15 is 0 Å². The maximum absolute atomic E-state index is 14.2. The molecule has 0 aliphatic heterocycles. The van der Waals surface area contributed by atoms with E-state index in [0.717, 1.165) is 16.6 Å². The second-order valence-electron chi connectivity index (χ2n) is 11.8. The highest BCUT2D eigenvalue weighted by Crippen LogP contribution is 2.39. The molecule has 2 aromatic carbocycles. The van der Waals surface area contributed by atoms with E-state index in [1.54, 1.807) is 24.3 Å². The molecule has 0 bridgehead atoms. The molecule has 276 valence electrons. The topological polar surface area (TPSA) is 168 Å². The van der Waals surface area contributed by atoms with Crippen LogP contribution in [-0.4, -0.2) is 80.3 Å². The Morgan fingerprint density at radius 1 is 1.06 bits per heavy atom. The van der Waals surface area contributed by atoms with Crippen LogP contribution in [-0.2, 0) is 27.5 Å². The minimum Gasteiger partial charge on any atom is -0.497 e. The zero-order chi connectivity index (χ0) is 38.1. The number of alkyl halides is 3. The van der Waals surface area contributed by atoms with Gasteiger partial charge in [0.2, 0.25) is 5.88 Å². The van der Waals surface area contributed by atoms with Gasteiger partial charge in [-0.15, -0.1) is 0 Å². The molecule has 1 saturated carbocycles. The second-order valence-corrected chi connectivity index (χ2v) is 13.7. The van der Waals surface area contributed by atoms with Gasteiger partial charge >= 0.3 is 6.18 Å². The van der Waals surface area contributed by atoms with Crippen molar-refractivity contribution in [1.29, 1.82) is 5.26 Å². The number of benzene rings is 2. The van der Waals surface area contributed by atoms with Gasteiger partial charge in [-0.3, -0.25) is 4.79 Å². The van der Waals surface area contributed by atoms with Crippen molar-refractivity contribution in [2.75, 3.05) is 32.6 Å². The average Bonchev–Trinajstić information content (AvgIpc) is 3.14. The molecular formula is C35H37F3N6O7S. The Morgan fingerprint density at radius 2 is 1.81 bits per heavy atom. The molecule has 0 unspecified atom stereocenters. The molecule has 52 heavy (non-hydrogen) atoms. The summed E-state index contributed by atoms with van der Waals surface area (Å²) in [7, 11) is 2.31. The Balaban J connectivity index is 0.00000195. The van der Waals surface area contributed by atoms with E-state index in [-0.39, 0.29) is 47.1 Å². The molecule has 0 radical (unpaired) electrons. The summed E-state index contributed by atoms with van der Waals surface area (Å²) in [5.74, 6) is 0.824. The number of hydrogen-bond acceptors (Lipinski definition) is 11. The predicted molar refractivity (Wildman–Crippen MR) is 183 cm³/mol. The Bertz CT molecular complexity index is 1980. The molecule has 0 spiro atoms. The van der Waals surface area contributed by atoms with E-state index in [1.807, 2.05) is 25.1 Å². The van der Waals surface area contributed by atoms with Gasteiger partial charge in [0, 0.05) is 29.9 Å². The molecule has 17 heteroatoms. The molecule has 4 aromatic rings. The van der Waals surface area contributed by atoms with Gasteiger partial charge in [-0.25, -0.2) is 27.7 Å². The minimum atomic E-state index is -4.44. The van der Waals surface area contributed by atoms with Gasteiger partial charge in [0.25, 0.3) is 16.5 Å². The zero-order valence-corrected chi connectivity index (χ0v) is 29.5. The molecule has 0 amide bonds. The van der Waals surface area contributed by atoms with E-state index in [9.17, 15) is 26.9 Å². The molecule has 0 saturated heterocycles. The third-order valence-corrected chi connectivity index (χ3v) is 10.2. The number of rotatable bonds is 11. The molecule has 1 aliphatic carbocycles. The van der Waals surface area contributed by atoms with Gasteiger partial charge in [-0.1, -0.05) is 18.2 Å². The number of hydrogen-bond donors (Lipinski definition) is 1. The lowest BCUT2D eigenvalue weighted by molar-refractivity contribution is -0.137. The Morgan fingerprint density at radius 3 is 2.42 bits per heavy atom. The van der Waals surface area contributed by atoms with Gasteiger partial charge in [0.15, 0.2) is 0 Å². The number of halogens is 3. The second kappa shape index (κ2) is 17.2. The maximum Gasteiger partial charge on any atom is 0.416 e. The van der Waals surface area contributed by atoms with E-state index in [2.05, 4.69) is 15.0 Å². The number of pyridine rings is 1. The van der Waals surface area contributed by atoms with Crippen LogP contribution < -0.4 is 18.5 Å².